The van der Waals surface area contributed by atoms with Crippen molar-refractivity contribution in [3.8, 4) is 5.75 Å². The third kappa shape index (κ3) is 3.79. The van der Waals surface area contributed by atoms with E-state index in [1.165, 1.54) is 0 Å². The fourth-order valence-electron chi connectivity index (χ4n) is 4.18. The van der Waals surface area contributed by atoms with Crippen LogP contribution in [0.5, 0.6) is 5.75 Å². The van der Waals surface area contributed by atoms with Gasteiger partial charge in [-0.3, -0.25) is 14.5 Å². The van der Waals surface area contributed by atoms with E-state index in [0.717, 1.165) is 29.0 Å². The van der Waals surface area contributed by atoms with Crippen LogP contribution in [0.1, 0.15) is 44.1 Å². The van der Waals surface area contributed by atoms with Crippen LogP contribution in [0.2, 0.25) is 10.0 Å². The van der Waals surface area contributed by atoms with E-state index >= 15 is 0 Å². The lowest BCUT2D eigenvalue weighted by molar-refractivity contribution is -0.119. The molecule has 0 fully saturated rings. The summed E-state index contributed by atoms with van der Waals surface area (Å²) in [6, 6.07) is 12.7. The van der Waals surface area contributed by atoms with Gasteiger partial charge in [0.2, 0.25) is 5.91 Å². The lowest BCUT2D eigenvalue weighted by Gasteiger charge is -2.38. The number of anilines is 1. The molecule has 4 rings (SSSR count). The Labute approximate surface area is 180 Å². The van der Waals surface area contributed by atoms with Crippen LogP contribution in [-0.4, -0.2) is 18.3 Å². The van der Waals surface area contributed by atoms with Gasteiger partial charge in [0.15, 0.2) is 5.78 Å². The number of ether oxygens (including phenoxy) is 1. The van der Waals surface area contributed by atoms with E-state index in [2.05, 4.69) is 0 Å². The highest BCUT2D eigenvalue weighted by molar-refractivity contribution is 6.37. The Kier molecular flexibility index (Phi) is 5.66. The molecule has 1 amide bonds. The molecule has 1 aliphatic heterocycles. The number of ketones is 1. The average molecular weight is 430 g/mol. The number of nitrogens with zero attached hydrogens (tertiary/aromatic N) is 1. The van der Waals surface area contributed by atoms with Gasteiger partial charge in [-0.1, -0.05) is 35.3 Å². The summed E-state index contributed by atoms with van der Waals surface area (Å²) in [7, 11) is 0. The second-order valence-corrected chi connectivity index (χ2v) is 8.06. The van der Waals surface area contributed by atoms with Gasteiger partial charge in [0.25, 0.3) is 0 Å². The average Bonchev–Trinajstić information content (AvgIpc) is 2.69. The molecule has 6 heteroatoms. The summed E-state index contributed by atoms with van der Waals surface area (Å²) >= 11 is 12.4. The highest BCUT2D eigenvalue weighted by Gasteiger charge is 2.40. The number of rotatable bonds is 4. The quantitative estimate of drug-likeness (QED) is 0.605. The molecule has 1 atom stereocenters. The van der Waals surface area contributed by atoms with Crippen molar-refractivity contribution >= 4 is 40.6 Å². The maximum atomic E-state index is 13.2. The zero-order valence-electron chi connectivity index (χ0n) is 16.1. The normalized spacial score (nSPS) is 19.4. The van der Waals surface area contributed by atoms with Crippen molar-refractivity contribution < 1.29 is 14.3 Å². The summed E-state index contributed by atoms with van der Waals surface area (Å²) in [4.78, 5) is 27.8. The molecule has 1 heterocycles. The van der Waals surface area contributed by atoms with E-state index in [1.54, 1.807) is 23.1 Å². The van der Waals surface area contributed by atoms with Crippen LogP contribution < -0.4 is 9.64 Å². The number of benzene rings is 2. The van der Waals surface area contributed by atoms with Gasteiger partial charge in [-0.05, 0) is 55.7 Å². The number of amides is 1. The third-order valence-electron chi connectivity index (χ3n) is 5.42. The number of carbonyl (C=O) groups is 2. The van der Waals surface area contributed by atoms with E-state index < -0.39 is 0 Å². The van der Waals surface area contributed by atoms with E-state index in [0.29, 0.717) is 35.2 Å². The molecule has 0 saturated carbocycles. The van der Waals surface area contributed by atoms with E-state index in [-0.39, 0.29) is 24.0 Å². The van der Waals surface area contributed by atoms with Gasteiger partial charge in [0.05, 0.1) is 17.3 Å². The summed E-state index contributed by atoms with van der Waals surface area (Å²) in [6.07, 6.45) is 2.11. The molecule has 1 aliphatic carbocycles. The molecule has 2 aromatic rings. The first kappa shape index (κ1) is 20.0. The van der Waals surface area contributed by atoms with Gasteiger partial charge in [0, 0.05) is 35.1 Å². The highest BCUT2D eigenvalue weighted by atomic mass is 35.5. The molecule has 2 aromatic carbocycles. The monoisotopic (exact) mass is 429 g/mol. The van der Waals surface area contributed by atoms with Crippen LogP contribution in [0.3, 0.4) is 0 Å². The van der Waals surface area contributed by atoms with E-state index in [1.807, 2.05) is 31.2 Å². The maximum Gasteiger partial charge on any atom is 0.232 e. The predicted octanol–water partition coefficient (Wildman–Crippen LogP) is 5.92. The Bertz CT molecular complexity index is 998. The minimum Gasteiger partial charge on any atom is -0.494 e. The van der Waals surface area contributed by atoms with Gasteiger partial charge >= 0.3 is 0 Å². The molecule has 0 aromatic heterocycles. The molecular weight excluding hydrogens is 409 g/mol. The SMILES string of the molecule is CCOc1ccc(C2CC(=O)N(c3ccc(Cl)cc3Cl)C3=C2C(=O)CCC3)cc1. The molecular formula is C23H21Cl2NO3. The number of hydrogen-bond acceptors (Lipinski definition) is 3. The summed E-state index contributed by atoms with van der Waals surface area (Å²) < 4.78 is 5.52. The van der Waals surface area contributed by atoms with Crippen molar-refractivity contribution in [2.45, 2.75) is 38.5 Å². The van der Waals surface area contributed by atoms with Crippen LogP contribution in [0.15, 0.2) is 53.7 Å². The van der Waals surface area contributed by atoms with Crippen molar-refractivity contribution in [1.29, 1.82) is 0 Å². The van der Waals surface area contributed by atoms with Crippen LogP contribution >= 0.6 is 23.2 Å². The van der Waals surface area contributed by atoms with E-state index in [9.17, 15) is 9.59 Å². The lowest BCUT2D eigenvalue weighted by Crippen LogP contribution is -2.40. The maximum absolute atomic E-state index is 13.2. The molecule has 1 unspecified atom stereocenters. The first-order valence-corrected chi connectivity index (χ1v) is 10.5. The first-order chi connectivity index (χ1) is 14.0. The van der Waals surface area contributed by atoms with E-state index in [4.69, 9.17) is 27.9 Å². The Hall–Kier alpha value is -2.30. The molecule has 0 saturated heterocycles. The molecule has 0 radical (unpaired) electrons. The van der Waals surface area contributed by atoms with Gasteiger partial charge in [-0.25, -0.2) is 0 Å². The van der Waals surface area contributed by atoms with Crippen molar-refractivity contribution in [3.05, 3.63) is 69.3 Å². The number of allylic oxidation sites excluding steroid dienone is 2. The summed E-state index contributed by atoms with van der Waals surface area (Å²) in [6.45, 7) is 2.52. The first-order valence-electron chi connectivity index (χ1n) is 9.76. The lowest BCUT2D eigenvalue weighted by atomic mass is 9.77. The van der Waals surface area contributed by atoms with Crippen LogP contribution in [0.25, 0.3) is 0 Å². The van der Waals surface area contributed by atoms with Gasteiger partial charge in [-0.2, -0.15) is 0 Å². The van der Waals surface area contributed by atoms with Crippen LogP contribution in [0.4, 0.5) is 5.69 Å². The molecule has 0 bridgehead atoms. The van der Waals surface area contributed by atoms with Gasteiger partial charge in [0.1, 0.15) is 5.75 Å². The van der Waals surface area contributed by atoms with Crippen molar-refractivity contribution in [2.75, 3.05) is 11.5 Å². The number of Topliss-reactive ketones (excluding diaryl/α,β-unsaturated/α-hetero) is 1. The zero-order chi connectivity index (χ0) is 20.5. The molecule has 4 nitrogen and oxygen atoms in total. The molecule has 150 valence electrons. The number of carbonyl (C=O) groups excluding carboxylic acids is 2. The standard InChI is InChI=1S/C23H21Cl2NO3/c1-2-29-16-9-6-14(7-10-16)17-13-22(28)26(19-11-8-15(24)12-18(19)25)20-4-3-5-21(27)23(17)20/h6-12,17H,2-5,13H2,1H3. The summed E-state index contributed by atoms with van der Waals surface area (Å²) in [5, 5.41) is 0.902. The van der Waals surface area contributed by atoms with Crippen LogP contribution in [0, 0.1) is 0 Å². The second kappa shape index (κ2) is 8.21. The Morgan fingerprint density at radius 1 is 1.07 bits per heavy atom. The summed E-state index contributed by atoms with van der Waals surface area (Å²) in [5.74, 6) is 0.565. The van der Waals surface area contributed by atoms with Crippen molar-refractivity contribution in [1.82, 2.24) is 0 Å². The molecule has 0 N–H and O–H groups in total. The minimum atomic E-state index is -0.247. The smallest absolute Gasteiger partial charge is 0.232 e. The summed E-state index contributed by atoms with van der Waals surface area (Å²) in [5.41, 5.74) is 3.02. The minimum absolute atomic E-state index is 0.0680. The van der Waals surface area contributed by atoms with Crippen LogP contribution in [-0.2, 0) is 9.59 Å². The zero-order valence-corrected chi connectivity index (χ0v) is 17.6. The fourth-order valence-corrected chi connectivity index (χ4v) is 4.68. The topological polar surface area (TPSA) is 46.6 Å². The Morgan fingerprint density at radius 2 is 1.83 bits per heavy atom. The third-order valence-corrected chi connectivity index (χ3v) is 5.96. The molecule has 2 aliphatic rings. The molecule has 29 heavy (non-hydrogen) atoms. The molecule has 0 spiro atoms. The van der Waals surface area contributed by atoms with Crippen molar-refractivity contribution in [3.63, 3.8) is 0 Å². The number of hydrogen-bond donors (Lipinski definition) is 0. The second-order valence-electron chi connectivity index (χ2n) is 7.22. The Balaban J connectivity index is 1.80. The predicted molar refractivity (Wildman–Crippen MR) is 115 cm³/mol. The fraction of sp³-hybridized carbons (Fsp3) is 0.304. The van der Waals surface area contributed by atoms with Gasteiger partial charge < -0.3 is 4.74 Å². The highest BCUT2D eigenvalue weighted by Crippen LogP contribution is 2.45. The Morgan fingerprint density at radius 3 is 2.52 bits per heavy atom. The van der Waals surface area contributed by atoms with Gasteiger partial charge in [-0.15, -0.1) is 0 Å². The largest absolute Gasteiger partial charge is 0.494 e. The van der Waals surface area contributed by atoms with Crippen molar-refractivity contribution in [2.24, 2.45) is 0 Å². The number of halogens is 2.